The summed E-state index contributed by atoms with van der Waals surface area (Å²) in [6.45, 7) is 0.589. The van der Waals surface area contributed by atoms with Crippen LogP contribution in [0.15, 0.2) is 28.9 Å². The minimum Gasteiger partial charge on any atom is -0.496 e. The van der Waals surface area contributed by atoms with Crippen LogP contribution in [0.4, 0.5) is 0 Å². The molecule has 0 atom stereocenters. The normalized spacial score (nSPS) is 10.5. The van der Waals surface area contributed by atoms with Crippen molar-refractivity contribution in [3.63, 3.8) is 0 Å². The van der Waals surface area contributed by atoms with Gasteiger partial charge in [0.15, 0.2) is 0 Å². The minimum atomic E-state index is 0.589. The lowest BCUT2D eigenvalue weighted by Crippen LogP contribution is -2.04. The molecule has 2 rings (SSSR count). The van der Waals surface area contributed by atoms with Gasteiger partial charge in [0.1, 0.15) is 5.75 Å². The van der Waals surface area contributed by atoms with Crippen LogP contribution in [-0.4, -0.2) is 23.9 Å². The molecule has 0 aliphatic carbocycles. The molecule has 0 fully saturated rings. The van der Waals surface area contributed by atoms with Crippen molar-refractivity contribution >= 4 is 15.9 Å². The van der Waals surface area contributed by atoms with Crippen molar-refractivity contribution < 1.29 is 4.74 Å². The Hall–Kier alpha value is -1.33. The number of aromatic amines is 1. The molecule has 0 radical (unpaired) electrons. The Morgan fingerprint density at radius 3 is 2.94 bits per heavy atom. The fourth-order valence-corrected chi connectivity index (χ4v) is 2.13. The third-order valence-corrected chi connectivity index (χ3v) is 3.06. The summed E-state index contributed by atoms with van der Waals surface area (Å²) in [4.78, 5) is 0. The Morgan fingerprint density at radius 1 is 1.41 bits per heavy atom. The summed E-state index contributed by atoms with van der Waals surface area (Å²) in [5.41, 5.74) is 8.66. The van der Waals surface area contributed by atoms with E-state index >= 15 is 0 Å². The third-order valence-electron chi connectivity index (χ3n) is 2.56. The summed E-state index contributed by atoms with van der Waals surface area (Å²) in [7, 11) is 1.66. The number of benzene rings is 1. The van der Waals surface area contributed by atoms with Crippen LogP contribution < -0.4 is 10.5 Å². The maximum absolute atomic E-state index is 5.58. The number of ether oxygens (including phenoxy) is 1. The molecule has 3 N–H and O–H groups in total. The summed E-state index contributed by atoms with van der Waals surface area (Å²) in [6, 6.07) is 5.90. The summed E-state index contributed by atoms with van der Waals surface area (Å²) in [5.74, 6) is 0.827. The Bertz CT molecular complexity index is 510. The Balaban J connectivity index is 2.51. The van der Waals surface area contributed by atoms with Gasteiger partial charge in [-0.1, -0.05) is 15.9 Å². The predicted molar refractivity (Wildman–Crippen MR) is 71.0 cm³/mol. The molecular formula is C12H14BrN3O. The van der Waals surface area contributed by atoms with Gasteiger partial charge in [0.05, 0.1) is 13.3 Å². The molecule has 0 amide bonds. The van der Waals surface area contributed by atoms with Gasteiger partial charge in [-0.25, -0.2) is 0 Å². The number of rotatable bonds is 4. The van der Waals surface area contributed by atoms with Crippen LogP contribution >= 0.6 is 15.9 Å². The zero-order chi connectivity index (χ0) is 12.3. The maximum atomic E-state index is 5.58. The number of methoxy groups -OCH3 is 1. The molecule has 0 aliphatic rings. The highest BCUT2D eigenvalue weighted by atomic mass is 79.9. The van der Waals surface area contributed by atoms with Gasteiger partial charge in [-0.3, -0.25) is 5.10 Å². The van der Waals surface area contributed by atoms with E-state index in [1.54, 1.807) is 13.3 Å². The average Bonchev–Trinajstić information content (AvgIpc) is 2.77. The molecule has 0 saturated carbocycles. The Kier molecular flexibility index (Phi) is 3.81. The van der Waals surface area contributed by atoms with Crippen molar-refractivity contribution in [3.8, 4) is 16.9 Å². The minimum absolute atomic E-state index is 0.589. The van der Waals surface area contributed by atoms with Crippen LogP contribution in [0.1, 0.15) is 5.69 Å². The molecule has 0 aliphatic heterocycles. The summed E-state index contributed by atoms with van der Waals surface area (Å²) < 4.78 is 6.37. The monoisotopic (exact) mass is 295 g/mol. The molecule has 1 aromatic heterocycles. The zero-order valence-electron chi connectivity index (χ0n) is 9.53. The van der Waals surface area contributed by atoms with Gasteiger partial charge in [-0.15, -0.1) is 0 Å². The number of hydrogen-bond donors (Lipinski definition) is 2. The van der Waals surface area contributed by atoms with Crippen LogP contribution in [0.5, 0.6) is 5.75 Å². The Labute approximate surface area is 108 Å². The van der Waals surface area contributed by atoms with Crippen molar-refractivity contribution in [1.29, 1.82) is 0 Å². The molecule has 17 heavy (non-hydrogen) atoms. The van der Waals surface area contributed by atoms with Gasteiger partial charge in [-0.2, -0.15) is 5.10 Å². The van der Waals surface area contributed by atoms with Crippen molar-refractivity contribution in [2.24, 2.45) is 5.73 Å². The van der Waals surface area contributed by atoms with Crippen LogP contribution in [0.2, 0.25) is 0 Å². The zero-order valence-corrected chi connectivity index (χ0v) is 11.1. The number of halogens is 1. The first-order chi connectivity index (χ1) is 8.26. The molecule has 0 bridgehead atoms. The SMILES string of the molecule is COc1ccc(Br)cc1-c1cn[nH]c1CCN. The smallest absolute Gasteiger partial charge is 0.126 e. The fourth-order valence-electron chi connectivity index (χ4n) is 1.77. The molecule has 90 valence electrons. The number of nitrogens with one attached hydrogen (secondary N) is 1. The van der Waals surface area contributed by atoms with Crippen molar-refractivity contribution in [3.05, 3.63) is 34.6 Å². The van der Waals surface area contributed by atoms with E-state index < -0.39 is 0 Å². The van der Waals surface area contributed by atoms with Crippen LogP contribution in [0, 0.1) is 0 Å². The molecule has 0 saturated heterocycles. The first kappa shape index (κ1) is 12.1. The predicted octanol–water partition coefficient (Wildman–Crippen LogP) is 2.35. The molecule has 1 aromatic carbocycles. The number of aromatic nitrogens is 2. The molecule has 5 heteroatoms. The first-order valence-corrected chi connectivity index (χ1v) is 6.11. The number of H-pyrrole nitrogens is 1. The standard InChI is InChI=1S/C12H14BrN3O/c1-17-12-3-2-8(13)6-9(12)10-7-15-16-11(10)4-5-14/h2-3,6-7H,4-5,14H2,1H3,(H,15,16). The molecular weight excluding hydrogens is 282 g/mol. The van der Waals surface area contributed by atoms with Crippen LogP contribution in [-0.2, 0) is 6.42 Å². The lowest BCUT2D eigenvalue weighted by Gasteiger charge is -2.09. The fraction of sp³-hybridized carbons (Fsp3) is 0.250. The highest BCUT2D eigenvalue weighted by Gasteiger charge is 2.12. The number of nitrogens with zero attached hydrogens (tertiary/aromatic N) is 1. The lowest BCUT2D eigenvalue weighted by atomic mass is 10.0. The molecule has 2 aromatic rings. The van der Waals surface area contributed by atoms with E-state index in [1.165, 1.54) is 0 Å². The van der Waals surface area contributed by atoms with Crippen molar-refractivity contribution in [2.75, 3.05) is 13.7 Å². The van der Waals surface area contributed by atoms with E-state index in [2.05, 4.69) is 26.1 Å². The van der Waals surface area contributed by atoms with E-state index in [0.717, 1.165) is 33.5 Å². The third kappa shape index (κ3) is 2.50. The molecule has 1 heterocycles. The van der Waals surface area contributed by atoms with Gasteiger partial charge < -0.3 is 10.5 Å². The highest BCUT2D eigenvalue weighted by molar-refractivity contribution is 9.10. The maximum Gasteiger partial charge on any atom is 0.126 e. The summed E-state index contributed by atoms with van der Waals surface area (Å²) in [5, 5.41) is 7.05. The largest absolute Gasteiger partial charge is 0.496 e. The van der Waals surface area contributed by atoms with Gasteiger partial charge in [0.25, 0.3) is 0 Å². The van der Waals surface area contributed by atoms with Crippen molar-refractivity contribution in [2.45, 2.75) is 6.42 Å². The van der Waals surface area contributed by atoms with Gasteiger partial charge in [-0.05, 0) is 24.7 Å². The molecule has 0 unspecified atom stereocenters. The first-order valence-electron chi connectivity index (χ1n) is 5.32. The highest BCUT2D eigenvalue weighted by Crippen LogP contribution is 2.33. The lowest BCUT2D eigenvalue weighted by molar-refractivity contribution is 0.416. The van der Waals surface area contributed by atoms with Gasteiger partial charge >= 0.3 is 0 Å². The summed E-state index contributed by atoms with van der Waals surface area (Å²) >= 11 is 3.46. The van der Waals surface area contributed by atoms with Crippen LogP contribution in [0.25, 0.3) is 11.1 Å². The van der Waals surface area contributed by atoms with E-state index in [1.807, 2.05) is 18.2 Å². The van der Waals surface area contributed by atoms with Crippen LogP contribution in [0.3, 0.4) is 0 Å². The van der Waals surface area contributed by atoms with Gasteiger partial charge in [0.2, 0.25) is 0 Å². The average molecular weight is 296 g/mol. The number of nitrogens with two attached hydrogens (primary N) is 1. The van der Waals surface area contributed by atoms with Gasteiger partial charge in [0, 0.05) is 27.7 Å². The van der Waals surface area contributed by atoms with E-state index in [0.29, 0.717) is 6.54 Å². The van der Waals surface area contributed by atoms with E-state index in [-0.39, 0.29) is 0 Å². The van der Waals surface area contributed by atoms with E-state index in [9.17, 15) is 0 Å². The molecule has 0 spiro atoms. The topological polar surface area (TPSA) is 63.9 Å². The second kappa shape index (κ2) is 5.33. The van der Waals surface area contributed by atoms with E-state index in [4.69, 9.17) is 10.5 Å². The molecule has 4 nitrogen and oxygen atoms in total. The Morgan fingerprint density at radius 2 is 2.24 bits per heavy atom. The van der Waals surface area contributed by atoms with Crippen molar-refractivity contribution in [1.82, 2.24) is 10.2 Å². The number of hydrogen-bond acceptors (Lipinski definition) is 3. The quantitative estimate of drug-likeness (QED) is 0.910. The second-order valence-electron chi connectivity index (χ2n) is 3.65. The second-order valence-corrected chi connectivity index (χ2v) is 4.56. The summed E-state index contributed by atoms with van der Waals surface area (Å²) in [6.07, 6.45) is 2.57.